The lowest BCUT2D eigenvalue weighted by Crippen LogP contribution is -2.11. The van der Waals surface area contributed by atoms with Crippen LogP contribution in [0.25, 0.3) is 0 Å². The minimum atomic E-state index is 0.168. The number of ether oxygens (including phenoxy) is 1. The Labute approximate surface area is 84.0 Å². The molecule has 0 saturated heterocycles. The summed E-state index contributed by atoms with van der Waals surface area (Å²) in [5, 5.41) is 3.32. The quantitative estimate of drug-likeness (QED) is 0.746. The number of rotatable bonds is 3. The molecular weight excluding hydrogens is 182 g/mol. The van der Waals surface area contributed by atoms with Crippen LogP contribution in [0.1, 0.15) is 31.5 Å². The lowest BCUT2D eigenvalue weighted by molar-refractivity contribution is 0.202. The normalized spacial score (nSPS) is 12.0. The monoisotopic (exact) mass is 199 g/mol. The molecule has 0 aliphatic heterocycles. The zero-order valence-electron chi connectivity index (χ0n) is 8.76. The molecule has 13 heavy (non-hydrogen) atoms. The summed E-state index contributed by atoms with van der Waals surface area (Å²) >= 11 is 1.73. The largest absolute Gasteiger partial charge is 0.384 e. The van der Waals surface area contributed by atoms with E-state index in [2.05, 4.69) is 31.1 Å². The van der Waals surface area contributed by atoms with E-state index in [1.807, 2.05) is 0 Å². The predicted octanol–water partition coefficient (Wildman–Crippen LogP) is 2.63. The molecule has 0 N–H and O–H groups in total. The van der Waals surface area contributed by atoms with E-state index < -0.39 is 0 Å². The summed E-state index contributed by atoms with van der Waals surface area (Å²) in [7, 11) is 1.72. The highest BCUT2D eigenvalue weighted by Crippen LogP contribution is 2.23. The molecular formula is C10H17NOS. The Morgan fingerprint density at radius 3 is 2.62 bits per heavy atom. The Kier molecular flexibility index (Phi) is 3.45. The maximum atomic E-state index is 5.01. The topological polar surface area (TPSA) is 22.1 Å². The molecule has 1 heterocycles. The van der Waals surface area contributed by atoms with Crippen LogP contribution in [-0.4, -0.2) is 18.7 Å². The molecule has 1 rings (SSSR count). The van der Waals surface area contributed by atoms with Gasteiger partial charge in [0.1, 0.15) is 0 Å². The second-order valence-electron chi connectivity index (χ2n) is 4.12. The van der Waals surface area contributed by atoms with Crippen LogP contribution in [0.15, 0.2) is 5.38 Å². The van der Waals surface area contributed by atoms with Crippen LogP contribution in [0, 0.1) is 0 Å². The summed E-state index contributed by atoms with van der Waals surface area (Å²) in [6.45, 7) is 7.31. The molecule has 0 aromatic carbocycles. The minimum Gasteiger partial charge on any atom is -0.384 e. The maximum Gasteiger partial charge on any atom is 0.0951 e. The van der Waals surface area contributed by atoms with Crippen molar-refractivity contribution in [1.82, 2.24) is 4.98 Å². The van der Waals surface area contributed by atoms with Gasteiger partial charge in [-0.3, -0.25) is 0 Å². The highest BCUT2D eigenvalue weighted by Gasteiger charge is 2.16. The van der Waals surface area contributed by atoms with E-state index in [-0.39, 0.29) is 5.41 Å². The molecule has 0 aliphatic rings. The molecule has 0 spiro atoms. The average molecular weight is 199 g/mol. The molecule has 0 unspecified atom stereocenters. The number of aromatic nitrogens is 1. The summed E-state index contributed by atoms with van der Waals surface area (Å²) in [6, 6.07) is 0. The minimum absolute atomic E-state index is 0.168. The third-order valence-corrected chi connectivity index (χ3v) is 2.75. The van der Waals surface area contributed by atoms with Gasteiger partial charge >= 0.3 is 0 Å². The van der Waals surface area contributed by atoms with Gasteiger partial charge in [-0.2, -0.15) is 0 Å². The van der Waals surface area contributed by atoms with Gasteiger partial charge in [-0.1, -0.05) is 20.8 Å². The number of methoxy groups -OCH3 is 1. The summed E-state index contributed by atoms with van der Waals surface area (Å²) in [4.78, 5) is 4.56. The van der Waals surface area contributed by atoms with Gasteiger partial charge in [-0.05, 0) is 0 Å². The third-order valence-electron chi connectivity index (χ3n) is 1.84. The first-order valence-corrected chi connectivity index (χ1v) is 5.36. The number of hydrogen-bond acceptors (Lipinski definition) is 3. The molecule has 0 radical (unpaired) electrons. The van der Waals surface area contributed by atoms with E-state index >= 15 is 0 Å². The molecule has 0 fully saturated rings. The molecule has 1 aromatic heterocycles. The lowest BCUT2D eigenvalue weighted by Gasteiger charge is -2.14. The van der Waals surface area contributed by atoms with Crippen LogP contribution < -0.4 is 0 Å². The summed E-state index contributed by atoms with van der Waals surface area (Å²) in [5.41, 5.74) is 1.35. The van der Waals surface area contributed by atoms with Crippen molar-refractivity contribution in [2.45, 2.75) is 32.6 Å². The first kappa shape index (κ1) is 10.7. The van der Waals surface area contributed by atoms with Gasteiger partial charge in [0.25, 0.3) is 0 Å². The second-order valence-corrected chi connectivity index (χ2v) is 5.06. The van der Waals surface area contributed by atoms with Crippen LogP contribution in [-0.2, 0) is 16.6 Å². The van der Waals surface area contributed by atoms with Crippen LogP contribution in [0.5, 0.6) is 0 Å². The Hall–Kier alpha value is -0.410. The second kappa shape index (κ2) is 4.20. The van der Waals surface area contributed by atoms with E-state index in [1.54, 1.807) is 18.4 Å². The fourth-order valence-electron chi connectivity index (χ4n) is 0.960. The third kappa shape index (κ3) is 3.08. The van der Waals surface area contributed by atoms with E-state index in [4.69, 9.17) is 4.74 Å². The van der Waals surface area contributed by atoms with E-state index in [9.17, 15) is 0 Å². The Balaban J connectivity index is 2.64. The van der Waals surface area contributed by atoms with E-state index in [1.165, 1.54) is 10.7 Å². The van der Waals surface area contributed by atoms with Crippen LogP contribution in [0.4, 0.5) is 0 Å². The van der Waals surface area contributed by atoms with Crippen molar-refractivity contribution in [3.05, 3.63) is 16.1 Å². The van der Waals surface area contributed by atoms with E-state index in [0.717, 1.165) is 13.0 Å². The number of hydrogen-bond donors (Lipinski definition) is 0. The molecule has 74 valence electrons. The highest BCUT2D eigenvalue weighted by atomic mass is 32.1. The SMILES string of the molecule is COCCc1nc(C(C)(C)C)cs1. The van der Waals surface area contributed by atoms with Crippen molar-refractivity contribution in [2.24, 2.45) is 0 Å². The van der Waals surface area contributed by atoms with Gasteiger partial charge in [-0.15, -0.1) is 11.3 Å². The molecule has 0 amide bonds. The maximum absolute atomic E-state index is 5.01. The van der Waals surface area contributed by atoms with Gasteiger partial charge in [0, 0.05) is 24.3 Å². The molecule has 0 saturated carbocycles. The van der Waals surface area contributed by atoms with E-state index in [0.29, 0.717) is 0 Å². The zero-order chi connectivity index (χ0) is 9.90. The van der Waals surface area contributed by atoms with Crippen LogP contribution in [0.3, 0.4) is 0 Å². The standard InChI is InChI=1S/C10H17NOS/c1-10(2,3)8-7-13-9(11-8)5-6-12-4/h7H,5-6H2,1-4H3. The van der Waals surface area contributed by atoms with Crippen molar-refractivity contribution in [2.75, 3.05) is 13.7 Å². The van der Waals surface area contributed by atoms with Crippen molar-refractivity contribution in [1.29, 1.82) is 0 Å². The van der Waals surface area contributed by atoms with Gasteiger partial charge < -0.3 is 4.74 Å². The van der Waals surface area contributed by atoms with Crippen molar-refractivity contribution in [3.8, 4) is 0 Å². The zero-order valence-corrected chi connectivity index (χ0v) is 9.57. The lowest BCUT2D eigenvalue weighted by atomic mass is 9.93. The van der Waals surface area contributed by atoms with Gasteiger partial charge in [0.15, 0.2) is 0 Å². The van der Waals surface area contributed by atoms with Crippen molar-refractivity contribution in [3.63, 3.8) is 0 Å². The summed E-state index contributed by atoms with van der Waals surface area (Å²) < 4.78 is 5.01. The first-order chi connectivity index (χ1) is 6.04. The Bertz CT molecular complexity index is 262. The van der Waals surface area contributed by atoms with Crippen molar-refractivity contribution < 1.29 is 4.74 Å². The molecule has 3 heteroatoms. The Morgan fingerprint density at radius 1 is 1.46 bits per heavy atom. The molecule has 0 atom stereocenters. The first-order valence-electron chi connectivity index (χ1n) is 4.48. The molecule has 2 nitrogen and oxygen atoms in total. The number of nitrogens with zero attached hydrogens (tertiary/aromatic N) is 1. The predicted molar refractivity (Wildman–Crippen MR) is 56.4 cm³/mol. The van der Waals surface area contributed by atoms with Gasteiger partial charge in [0.2, 0.25) is 0 Å². The van der Waals surface area contributed by atoms with Gasteiger partial charge in [0.05, 0.1) is 17.3 Å². The summed E-state index contributed by atoms with van der Waals surface area (Å²) in [5.74, 6) is 0. The van der Waals surface area contributed by atoms with Crippen LogP contribution >= 0.6 is 11.3 Å². The average Bonchev–Trinajstić information content (AvgIpc) is 2.47. The fourth-order valence-corrected chi connectivity index (χ4v) is 1.97. The van der Waals surface area contributed by atoms with Crippen molar-refractivity contribution >= 4 is 11.3 Å². The summed E-state index contributed by atoms with van der Waals surface area (Å²) in [6.07, 6.45) is 0.928. The van der Waals surface area contributed by atoms with Crippen LogP contribution in [0.2, 0.25) is 0 Å². The Morgan fingerprint density at radius 2 is 2.15 bits per heavy atom. The molecule has 0 aliphatic carbocycles. The fraction of sp³-hybridized carbons (Fsp3) is 0.700. The smallest absolute Gasteiger partial charge is 0.0951 e. The number of thiazole rings is 1. The molecule has 0 bridgehead atoms. The molecule has 1 aromatic rings. The van der Waals surface area contributed by atoms with Gasteiger partial charge in [-0.25, -0.2) is 4.98 Å². The highest BCUT2D eigenvalue weighted by molar-refractivity contribution is 7.09.